The zero-order valence-electron chi connectivity index (χ0n) is 12.1. The summed E-state index contributed by atoms with van der Waals surface area (Å²) in [5, 5.41) is 3.68. The molecule has 0 aliphatic carbocycles. The first-order chi connectivity index (χ1) is 9.20. The van der Waals surface area contributed by atoms with Crippen LogP contribution >= 0.6 is 0 Å². The predicted octanol–water partition coefficient (Wildman–Crippen LogP) is 3.99. The van der Waals surface area contributed by atoms with E-state index in [-0.39, 0.29) is 0 Å². The maximum Gasteiger partial charge on any atom is 0.0346 e. The van der Waals surface area contributed by atoms with Gasteiger partial charge >= 0.3 is 0 Å². The number of aryl methyl sites for hydroxylation is 1. The Hall–Kier alpha value is -1.54. The topological polar surface area (TPSA) is 17.0 Å². The van der Waals surface area contributed by atoms with Crippen LogP contribution < -0.4 is 5.32 Å². The maximum atomic E-state index is 3.68. The zero-order chi connectivity index (χ0) is 13.7. The molecule has 1 heterocycles. The highest BCUT2D eigenvalue weighted by atomic mass is 15.0. The van der Waals surface area contributed by atoms with E-state index in [1.165, 1.54) is 11.1 Å². The van der Waals surface area contributed by atoms with Crippen molar-refractivity contribution in [3.05, 3.63) is 59.9 Å². The molecule has 19 heavy (non-hydrogen) atoms. The molecule has 0 saturated carbocycles. The molecule has 2 aromatic rings. The first-order valence-electron chi connectivity index (χ1n) is 7.13. The van der Waals surface area contributed by atoms with Gasteiger partial charge in [0.25, 0.3) is 0 Å². The molecule has 0 bridgehead atoms. The summed E-state index contributed by atoms with van der Waals surface area (Å²) in [7, 11) is 0. The molecule has 0 aliphatic rings. The van der Waals surface area contributed by atoms with Crippen molar-refractivity contribution in [2.75, 3.05) is 0 Å². The van der Waals surface area contributed by atoms with Crippen LogP contribution in [0.2, 0.25) is 0 Å². The summed E-state index contributed by atoms with van der Waals surface area (Å²) in [6.07, 6.45) is 4.36. The molecule has 2 nitrogen and oxygen atoms in total. The van der Waals surface area contributed by atoms with Crippen molar-refractivity contribution < 1.29 is 0 Å². The van der Waals surface area contributed by atoms with Gasteiger partial charge in [-0.1, -0.05) is 44.2 Å². The standard InChI is InChI=1S/C17H24N2/c1-4-19-11-10-15(13-19)12-18-17(14(2)3)16-8-6-5-7-9-16/h5-11,13-14,17-18H,4,12H2,1-3H3. The van der Waals surface area contributed by atoms with E-state index in [1.807, 2.05) is 0 Å². The second-order valence-electron chi connectivity index (χ2n) is 5.36. The summed E-state index contributed by atoms with van der Waals surface area (Å²) >= 11 is 0. The van der Waals surface area contributed by atoms with Gasteiger partial charge in [0.2, 0.25) is 0 Å². The summed E-state index contributed by atoms with van der Waals surface area (Å²) in [6.45, 7) is 8.65. The van der Waals surface area contributed by atoms with E-state index in [4.69, 9.17) is 0 Å². The molecule has 0 saturated heterocycles. The quantitative estimate of drug-likeness (QED) is 0.826. The molecule has 1 unspecified atom stereocenters. The SMILES string of the molecule is CCn1ccc(CNC(c2ccccc2)C(C)C)c1. The number of hydrogen-bond acceptors (Lipinski definition) is 1. The number of nitrogens with zero attached hydrogens (tertiary/aromatic N) is 1. The van der Waals surface area contributed by atoms with E-state index in [1.54, 1.807) is 0 Å². The van der Waals surface area contributed by atoms with Crippen molar-refractivity contribution in [2.45, 2.75) is 39.9 Å². The zero-order valence-corrected chi connectivity index (χ0v) is 12.1. The number of aromatic nitrogens is 1. The molecule has 1 aromatic carbocycles. The number of hydrogen-bond donors (Lipinski definition) is 1. The maximum absolute atomic E-state index is 3.68. The van der Waals surface area contributed by atoms with E-state index in [9.17, 15) is 0 Å². The summed E-state index contributed by atoms with van der Waals surface area (Å²) in [5.74, 6) is 0.579. The van der Waals surface area contributed by atoms with Crippen molar-refractivity contribution in [1.82, 2.24) is 9.88 Å². The van der Waals surface area contributed by atoms with Crippen molar-refractivity contribution in [2.24, 2.45) is 5.92 Å². The van der Waals surface area contributed by atoms with Gasteiger partial charge in [0, 0.05) is 31.5 Å². The van der Waals surface area contributed by atoms with Crippen molar-refractivity contribution in [3.63, 3.8) is 0 Å². The Morgan fingerprint density at radius 2 is 1.84 bits per heavy atom. The molecular weight excluding hydrogens is 232 g/mol. The van der Waals surface area contributed by atoms with E-state index >= 15 is 0 Å². The highest BCUT2D eigenvalue weighted by Gasteiger charge is 2.14. The first-order valence-corrected chi connectivity index (χ1v) is 7.13. The molecule has 102 valence electrons. The van der Waals surface area contributed by atoms with Crippen LogP contribution in [-0.2, 0) is 13.1 Å². The second-order valence-corrected chi connectivity index (χ2v) is 5.36. The lowest BCUT2D eigenvalue weighted by Crippen LogP contribution is -2.25. The Morgan fingerprint density at radius 1 is 1.11 bits per heavy atom. The Bertz CT molecular complexity index is 485. The largest absolute Gasteiger partial charge is 0.354 e. The average Bonchev–Trinajstić information content (AvgIpc) is 2.88. The molecule has 0 aliphatic heterocycles. The molecule has 0 amide bonds. The summed E-state index contributed by atoms with van der Waals surface area (Å²) in [6, 6.07) is 13.3. The molecule has 0 fully saturated rings. The van der Waals surface area contributed by atoms with Crippen molar-refractivity contribution in [3.8, 4) is 0 Å². The normalized spacial score (nSPS) is 12.8. The van der Waals surface area contributed by atoms with Gasteiger partial charge in [-0.2, -0.15) is 0 Å². The molecular formula is C17H24N2. The Kier molecular flexibility index (Phi) is 4.80. The van der Waals surface area contributed by atoms with Gasteiger partial charge in [-0.15, -0.1) is 0 Å². The van der Waals surface area contributed by atoms with Crippen LogP contribution in [0, 0.1) is 5.92 Å². The summed E-state index contributed by atoms with van der Waals surface area (Å²) < 4.78 is 2.21. The highest BCUT2D eigenvalue weighted by Crippen LogP contribution is 2.21. The van der Waals surface area contributed by atoms with E-state index in [0.29, 0.717) is 12.0 Å². The number of benzene rings is 1. The van der Waals surface area contributed by atoms with Crippen LogP contribution in [0.3, 0.4) is 0 Å². The Labute approximate surface area is 116 Å². The van der Waals surface area contributed by atoms with Crippen molar-refractivity contribution >= 4 is 0 Å². The molecule has 2 heteroatoms. The third-order valence-corrected chi connectivity index (χ3v) is 3.53. The van der Waals surface area contributed by atoms with Gasteiger partial charge in [0.05, 0.1) is 0 Å². The van der Waals surface area contributed by atoms with Gasteiger partial charge in [-0.25, -0.2) is 0 Å². The second kappa shape index (κ2) is 6.58. The fourth-order valence-electron chi connectivity index (χ4n) is 2.42. The lowest BCUT2D eigenvalue weighted by Gasteiger charge is -2.22. The van der Waals surface area contributed by atoms with Crippen LogP contribution in [0.15, 0.2) is 48.8 Å². The lowest BCUT2D eigenvalue weighted by atomic mass is 9.96. The third kappa shape index (κ3) is 3.71. The van der Waals surface area contributed by atoms with Gasteiger partial charge in [-0.05, 0) is 30.0 Å². The third-order valence-electron chi connectivity index (χ3n) is 3.53. The number of rotatable bonds is 6. The molecule has 1 atom stereocenters. The fourth-order valence-corrected chi connectivity index (χ4v) is 2.42. The minimum Gasteiger partial charge on any atom is -0.354 e. The van der Waals surface area contributed by atoms with Crippen LogP contribution in [0.1, 0.15) is 37.9 Å². The average molecular weight is 256 g/mol. The highest BCUT2D eigenvalue weighted by molar-refractivity contribution is 5.20. The monoisotopic (exact) mass is 256 g/mol. The molecule has 2 rings (SSSR count). The van der Waals surface area contributed by atoms with Crippen molar-refractivity contribution in [1.29, 1.82) is 0 Å². The Balaban J connectivity index is 2.02. The van der Waals surface area contributed by atoms with Crippen LogP contribution in [0.25, 0.3) is 0 Å². The van der Waals surface area contributed by atoms with Gasteiger partial charge in [-0.3, -0.25) is 0 Å². The molecule has 0 spiro atoms. The molecule has 0 radical (unpaired) electrons. The van der Waals surface area contributed by atoms with Gasteiger partial charge in [0.15, 0.2) is 0 Å². The smallest absolute Gasteiger partial charge is 0.0346 e. The fraction of sp³-hybridized carbons (Fsp3) is 0.412. The first kappa shape index (κ1) is 13.9. The summed E-state index contributed by atoms with van der Waals surface area (Å²) in [4.78, 5) is 0. The van der Waals surface area contributed by atoms with Gasteiger partial charge < -0.3 is 9.88 Å². The minimum absolute atomic E-state index is 0.408. The minimum atomic E-state index is 0.408. The van der Waals surface area contributed by atoms with Crippen LogP contribution in [-0.4, -0.2) is 4.57 Å². The number of nitrogens with one attached hydrogen (secondary N) is 1. The van der Waals surface area contributed by atoms with Gasteiger partial charge in [0.1, 0.15) is 0 Å². The van der Waals surface area contributed by atoms with E-state index < -0.39 is 0 Å². The Morgan fingerprint density at radius 3 is 2.42 bits per heavy atom. The predicted molar refractivity (Wildman–Crippen MR) is 81.0 cm³/mol. The molecule has 1 N–H and O–H groups in total. The lowest BCUT2D eigenvalue weighted by molar-refractivity contribution is 0.410. The van der Waals surface area contributed by atoms with E-state index in [0.717, 1.165) is 13.1 Å². The molecule has 1 aromatic heterocycles. The van der Waals surface area contributed by atoms with Crippen LogP contribution in [0.4, 0.5) is 0 Å². The summed E-state index contributed by atoms with van der Waals surface area (Å²) in [5.41, 5.74) is 2.72. The van der Waals surface area contributed by atoms with E-state index in [2.05, 4.69) is 79.4 Å². The van der Waals surface area contributed by atoms with Crippen LogP contribution in [0.5, 0.6) is 0 Å².